The molecule has 0 aliphatic carbocycles. The number of rotatable bonds is 3. The van der Waals surface area contributed by atoms with Gasteiger partial charge >= 0.3 is 0 Å². The number of carbonyl (C=O) groups excluding carboxylic acids is 2. The SMILES string of the molecule is Cc1nc(CN(C)C(=O)C2=NN(C)C(=O)CC2)n[nH]1. The fourth-order valence-electron chi connectivity index (χ4n) is 1.79. The topological polar surface area (TPSA) is 94.6 Å². The van der Waals surface area contributed by atoms with Crippen LogP contribution in [0.3, 0.4) is 0 Å². The third kappa shape index (κ3) is 2.95. The first kappa shape index (κ1) is 13.2. The van der Waals surface area contributed by atoms with Crippen LogP contribution in [0.5, 0.6) is 0 Å². The van der Waals surface area contributed by atoms with E-state index in [-0.39, 0.29) is 11.8 Å². The number of hydrazone groups is 1. The number of hydrogen-bond acceptors (Lipinski definition) is 5. The quantitative estimate of drug-likeness (QED) is 0.809. The Kier molecular flexibility index (Phi) is 3.59. The van der Waals surface area contributed by atoms with Crippen LogP contribution in [0.25, 0.3) is 0 Å². The van der Waals surface area contributed by atoms with E-state index < -0.39 is 0 Å². The van der Waals surface area contributed by atoms with Crippen LogP contribution < -0.4 is 0 Å². The summed E-state index contributed by atoms with van der Waals surface area (Å²) in [6, 6.07) is 0. The number of H-pyrrole nitrogens is 1. The normalized spacial score (nSPS) is 15.4. The van der Waals surface area contributed by atoms with Crippen molar-refractivity contribution in [3.63, 3.8) is 0 Å². The highest BCUT2D eigenvalue weighted by molar-refractivity contribution is 6.39. The number of nitrogens with zero attached hydrogens (tertiary/aromatic N) is 5. The van der Waals surface area contributed by atoms with E-state index in [1.807, 2.05) is 0 Å². The summed E-state index contributed by atoms with van der Waals surface area (Å²) in [7, 11) is 3.21. The largest absolute Gasteiger partial charge is 0.333 e. The monoisotopic (exact) mass is 264 g/mol. The second-order valence-corrected chi connectivity index (χ2v) is 4.46. The predicted octanol–water partition coefficient (Wildman–Crippen LogP) is -0.320. The number of hydrogen-bond donors (Lipinski definition) is 1. The highest BCUT2D eigenvalue weighted by Gasteiger charge is 2.24. The van der Waals surface area contributed by atoms with Crippen LogP contribution >= 0.6 is 0 Å². The molecule has 0 saturated heterocycles. The Morgan fingerprint density at radius 2 is 2.21 bits per heavy atom. The van der Waals surface area contributed by atoms with Gasteiger partial charge in [-0.25, -0.2) is 9.99 Å². The third-order valence-corrected chi connectivity index (χ3v) is 2.82. The summed E-state index contributed by atoms with van der Waals surface area (Å²) in [5, 5.41) is 11.9. The van der Waals surface area contributed by atoms with Crippen LogP contribution in [0.1, 0.15) is 24.5 Å². The summed E-state index contributed by atoms with van der Waals surface area (Å²) in [5.41, 5.74) is 0.386. The van der Waals surface area contributed by atoms with Gasteiger partial charge in [-0.3, -0.25) is 14.7 Å². The zero-order chi connectivity index (χ0) is 14.0. The summed E-state index contributed by atoms with van der Waals surface area (Å²) in [5.74, 6) is 0.968. The van der Waals surface area contributed by atoms with E-state index in [0.29, 0.717) is 36.7 Å². The summed E-state index contributed by atoms with van der Waals surface area (Å²) >= 11 is 0. The third-order valence-electron chi connectivity index (χ3n) is 2.82. The molecule has 1 aliphatic rings. The molecule has 102 valence electrons. The van der Waals surface area contributed by atoms with Crippen molar-refractivity contribution in [1.29, 1.82) is 0 Å². The van der Waals surface area contributed by atoms with E-state index in [1.165, 1.54) is 9.91 Å². The van der Waals surface area contributed by atoms with Crippen LogP contribution in [-0.4, -0.2) is 56.7 Å². The van der Waals surface area contributed by atoms with Crippen LogP contribution in [-0.2, 0) is 16.1 Å². The maximum absolute atomic E-state index is 12.2. The molecule has 0 fully saturated rings. The molecule has 2 heterocycles. The fourth-order valence-corrected chi connectivity index (χ4v) is 1.79. The van der Waals surface area contributed by atoms with Crippen molar-refractivity contribution in [2.75, 3.05) is 14.1 Å². The van der Waals surface area contributed by atoms with Gasteiger partial charge in [-0.05, 0) is 6.92 Å². The smallest absolute Gasteiger partial charge is 0.270 e. The number of aryl methyl sites for hydroxylation is 1. The van der Waals surface area contributed by atoms with Gasteiger partial charge in [-0.1, -0.05) is 0 Å². The molecule has 0 radical (unpaired) electrons. The van der Waals surface area contributed by atoms with Crippen LogP contribution in [0, 0.1) is 6.92 Å². The molecule has 1 N–H and O–H groups in total. The van der Waals surface area contributed by atoms with E-state index in [0.717, 1.165) is 0 Å². The van der Waals surface area contributed by atoms with Crippen molar-refractivity contribution in [3.8, 4) is 0 Å². The Hall–Kier alpha value is -2.25. The Morgan fingerprint density at radius 3 is 2.79 bits per heavy atom. The van der Waals surface area contributed by atoms with Gasteiger partial charge in [0.1, 0.15) is 11.5 Å². The summed E-state index contributed by atoms with van der Waals surface area (Å²) in [6.45, 7) is 2.10. The predicted molar refractivity (Wildman–Crippen MR) is 67.0 cm³/mol. The molecule has 1 aromatic heterocycles. The zero-order valence-corrected chi connectivity index (χ0v) is 11.2. The van der Waals surface area contributed by atoms with Crippen molar-refractivity contribution in [2.24, 2.45) is 5.10 Å². The highest BCUT2D eigenvalue weighted by atomic mass is 16.2. The molecular weight excluding hydrogens is 248 g/mol. The Bertz CT molecular complexity index is 535. The highest BCUT2D eigenvalue weighted by Crippen LogP contribution is 2.09. The van der Waals surface area contributed by atoms with Crippen LogP contribution in [0.4, 0.5) is 0 Å². The van der Waals surface area contributed by atoms with E-state index in [4.69, 9.17) is 0 Å². The van der Waals surface area contributed by atoms with Crippen molar-refractivity contribution in [1.82, 2.24) is 25.1 Å². The first-order valence-corrected chi connectivity index (χ1v) is 5.94. The lowest BCUT2D eigenvalue weighted by molar-refractivity contribution is -0.130. The molecule has 2 amide bonds. The average Bonchev–Trinajstić information content (AvgIpc) is 2.77. The molecule has 0 atom stereocenters. The molecule has 0 aromatic carbocycles. The van der Waals surface area contributed by atoms with Crippen molar-refractivity contribution < 1.29 is 9.59 Å². The zero-order valence-electron chi connectivity index (χ0n) is 11.2. The molecule has 1 aromatic rings. The van der Waals surface area contributed by atoms with Gasteiger partial charge in [0.15, 0.2) is 5.82 Å². The number of nitrogens with one attached hydrogen (secondary N) is 1. The van der Waals surface area contributed by atoms with E-state index in [1.54, 1.807) is 21.0 Å². The van der Waals surface area contributed by atoms with Gasteiger partial charge in [-0.15, -0.1) is 0 Å². The van der Waals surface area contributed by atoms with E-state index >= 15 is 0 Å². The minimum absolute atomic E-state index is 0.0798. The number of aromatic nitrogens is 3. The van der Waals surface area contributed by atoms with Crippen LogP contribution in [0.2, 0.25) is 0 Å². The molecule has 1 aliphatic heterocycles. The van der Waals surface area contributed by atoms with Crippen molar-refractivity contribution in [2.45, 2.75) is 26.3 Å². The molecule has 0 bridgehead atoms. The van der Waals surface area contributed by atoms with Gasteiger partial charge in [0.25, 0.3) is 5.91 Å². The number of amides is 2. The minimum atomic E-state index is -0.207. The van der Waals surface area contributed by atoms with Crippen molar-refractivity contribution >= 4 is 17.5 Å². The molecule has 19 heavy (non-hydrogen) atoms. The standard InChI is InChI=1S/C11H16N6O2/c1-7-12-9(14-13-7)6-16(2)11(19)8-4-5-10(18)17(3)15-8/h4-6H2,1-3H3,(H,12,13,14). The lowest BCUT2D eigenvalue weighted by atomic mass is 10.1. The first-order valence-electron chi connectivity index (χ1n) is 5.94. The first-order chi connectivity index (χ1) is 8.97. The molecular formula is C11H16N6O2. The Balaban J connectivity index is 2.03. The Morgan fingerprint density at radius 1 is 1.47 bits per heavy atom. The summed E-state index contributed by atoms with van der Waals surface area (Å²) in [6.07, 6.45) is 0.689. The van der Waals surface area contributed by atoms with E-state index in [2.05, 4.69) is 20.3 Å². The number of aromatic amines is 1. The van der Waals surface area contributed by atoms with Gasteiger partial charge < -0.3 is 4.90 Å². The second-order valence-electron chi connectivity index (χ2n) is 4.46. The maximum atomic E-state index is 12.2. The lowest BCUT2D eigenvalue weighted by Gasteiger charge is -2.22. The van der Waals surface area contributed by atoms with E-state index in [9.17, 15) is 9.59 Å². The maximum Gasteiger partial charge on any atom is 0.270 e. The Labute approximate surface area is 110 Å². The molecule has 0 saturated carbocycles. The average molecular weight is 264 g/mol. The van der Waals surface area contributed by atoms with Crippen LogP contribution in [0.15, 0.2) is 5.10 Å². The molecule has 2 rings (SSSR count). The lowest BCUT2D eigenvalue weighted by Crippen LogP contribution is -2.38. The van der Waals surface area contributed by atoms with Gasteiger partial charge in [0.05, 0.1) is 6.54 Å². The minimum Gasteiger partial charge on any atom is -0.333 e. The van der Waals surface area contributed by atoms with Gasteiger partial charge in [0.2, 0.25) is 5.91 Å². The van der Waals surface area contributed by atoms with Gasteiger partial charge in [0, 0.05) is 26.9 Å². The molecule has 8 nitrogen and oxygen atoms in total. The summed E-state index contributed by atoms with van der Waals surface area (Å²) < 4.78 is 0. The molecule has 0 unspecified atom stereocenters. The van der Waals surface area contributed by atoms with Crippen molar-refractivity contribution in [3.05, 3.63) is 11.6 Å². The van der Waals surface area contributed by atoms with Gasteiger partial charge in [-0.2, -0.15) is 10.2 Å². The fraction of sp³-hybridized carbons (Fsp3) is 0.545. The molecule has 8 heteroatoms. The second kappa shape index (κ2) is 5.17. The summed E-state index contributed by atoms with van der Waals surface area (Å²) in [4.78, 5) is 29.1. The molecule has 0 spiro atoms. The number of carbonyl (C=O) groups is 2.